The summed E-state index contributed by atoms with van der Waals surface area (Å²) in [6.07, 6.45) is -2.30. The van der Waals surface area contributed by atoms with Crippen LogP contribution in [0.2, 0.25) is 0 Å². The van der Waals surface area contributed by atoms with E-state index in [-0.39, 0.29) is 6.04 Å². The molecule has 24 heavy (non-hydrogen) atoms. The van der Waals surface area contributed by atoms with Crippen molar-refractivity contribution in [2.24, 2.45) is 0 Å². The standard InChI is InChI=1S/C17H22F3N3O/c1-11-9-13-14(23(11)10-17(18,19)20)3-4-15(24-2)16(13)22-12-5-7-21-8-6-12/h3-4,9,12,21-22H,5-8,10H2,1-2H3. The second-order valence-corrected chi connectivity index (χ2v) is 6.23. The first-order valence-corrected chi connectivity index (χ1v) is 8.10. The van der Waals surface area contributed by atoms with Crippen LogP contribution < -0.4 is 15.4 Å². The lowest BCUT2D eigenvalue weighted by Gasteiger charge is -2.26. The Kier molecular flexibility index (Phi) is 4.62. The Bertz CT molecular complexity index is 718. The molecule has 1 aliphatic rings. The molecule has 1 fully saturated rings. The van der Waals surface area contributed by atoms with E-state index in [1.54, 1.807) is 32.2 Å². The van der Waals surface area contributed by atoms with Crippen LogP contribution in [-0.2, 0) is 6.54 Å². The number of aryl methyl sites for hydroxylation is 1. The summed E-state index contributed by atoms with van der Waals surface area (Å²) in [6, 6.07) is 5.52. The number of anilines is 1. The van der Waals surface area contributed by atoms with E-state index in [0.717, 1.165) is 37.0 Å². The molecule has 0 amide bonds. The lowest BCUT2D eigenvalue weighted by atomic mass is 10.1. The van der Waals surface area contributed by atoms with Gasteiger partial charge in [0.25, 0.3) is 0 Å². The Labute approximate surface area is 139 Å². The highest BCUT2D eigenvalue weighted by atomic mass is 19.4. The number of ether oxygens (including phenoxy) is 1. The Morgan fingerprint density at radius 3 is 2.62 bits per heavy atom. The molecule has 0 spiro atoms. The van der Waals surface area contributed by atoms with E-state index >= 15 is 0 Å². The van der Waals surface area contributed by atoms with E-state index in [2.05, 4.69) is 10.6 Å². The van der Waals surface area contributed by atoms with Crippen LogP contribution in [-0.4, -0.2) is 37.0 Å². The number of hydrogen-bond donors (Lipinski definition) is 2. The molecule has 2 aromatic rings. The normalized spacial score (nSPS) is 16.5. The molecule has 0 bridgehead atoms. The molecule has 0 radical (unpaired) electrons. The van der Waals surface area contributed by atoms with Crippen LogP contribution in [0.5, 0.6) is 5.75 Å². The minimum absolute atomic E-state index is 0.289. The zero-order valence-corrected chi connectivity index (χ0v) is 13.8. The third kappa shape index (κ3) is 3.45. The van der Waals surface area contributed by atoms with Gasteiger partial charge in [0, 0.05) is 17.1 Å². The maximum Gasteiger partial charge on any atom is 0.406 e. The number of nitrogens with one attached hydrogen (secondary N) is 2. The fourth-order valence-electron chi connectivity index (χ4n) is 3.33. The van der Waals surface area contributed by atoms with Gasteiger partial charge in [-0.05, 0) is 51.1 Å². The third-order valence-corrected chi connectivity index (χ3v) is 4.50. The van der Waals surface area contributed by atoms with Crippen molar-refractivity contribution in [2.75, 3.05) is 25.5 Å². The first kappa shape index (κ1) is 17.0. The lowest BCUT2D eigenvalue weighted by molar-refractivity contribution is -0.140. The van der Waals surface area contributed by atoms with Crippen LogP contribution in [0.15, 0.2) is 18.2 Å². The van der Waals surface area contributed by atoms with Crippen molar-refractivity contribution in [1.29, 1.82) is 0 Å². The molecule has 0 saturated carbocycles. The van der Waals surface area contributed by atoms with Gasteiger partial charge in [-0.2, -0.15) is 13.2 Å². The van der Waals surface area contributed by atoms with Crippen LogP contribution >= 0.6 is 0 Å². The number of alkyl halides is 3. The highest BCUT2D eigenvalue weighted by Gasteiger charge is 2.30. The minimum atomic E-state index is -4.25. The highest BCUT2D eigenvalue weighted by Crippen LogP contribution is 2.37. The molecule has 1 aromatic carbocycles. The number of piperidine rings is 1. The first-order valence-electron chi connectivity index (χ1n) is 8.10. The molecule has 2 heterocycles. The minimum Gasteiger partial charge on any atom is -0.495 e. The van der Waals surface area contributed by atoms with Gasteiger partial charge >= 0.3 is 6.18 Å². The van der Waals surface area contributed by atoms with Crippen LogP contribution in [0.25, 0.3) is 10.9 Å². The van der Waals surface area contributed by atoms with Gasteiger partial charge in [-0.25, -0.2) is 0 Å². The number of fused-ring (bicyclic) bond motifs is 1. The SMILES string of the molecule is COc1ccc2c(cc(C)n2CC(F)(F)F)c1NC1CCNCC1. The topological polar surface area (TPSA) is 38.2 Å². The number of hydrogen-bond acceptors (Lipinski definition) is 3. The molecular weight excluding hydrogens is 319 g/mol. The van der Waals surface area contributed by atoms with Crippen molar-refractivity contribution >= 4 is 16.6 Å². The molecule has 4 nitrogen and oxygen atoms in total. The summed E-state index contributed by atoms with van der Waals surface area (Å²) < 4.78 is 45.4. The van der Waals surface area contributed by atoms with Crippen molar-refractivity contribution in [3.63, 3.8) is 0 Å². The van der Waals surface area contributed by atoms with E-state index in [0.29, 0.717) is 17.0 Å². The van der Waals surface area contributed by atoms with Gasteiger partial charge in [-0.1, -0.05) is 0 Å². The Morgan fingerprint density at radius 2 is 2.00 bits per heavy atom. The summed E-state index contributed by atoms with van der Waals surface area (Å²) >= 11 is 0. The summed E-state index contributed by atoms with van der Waals surface area (Å²) in [5, 5.41) is 7.56. The molecule has 2 N–H and O–H groups in total. The van der Waals surface area contributed by atoms with Gasteiger partial charge in [-0.3, -0.25) is 0 Å². The average Bonchev–Trinajstić information content (AvgIpc) is 2.84. The third-order valence-electron chi connectivity index (χ3n) is 4.50. The molecular formula is C17H22F3N3O. The Morgan fingerprint density at radius 1 is 1.29 bits per heavy atom. The Balaban J connectivity index is 2.03. The van der Waals surface area contributed by atoms with Crippen molar-refractivity contribution in [3.05, 3.63) is 23.9 Å². The van der Waals surface area contributed by atoms with E-state index in [9.17, 15) is 13.2 Å². The molecule has 0 unspecified atom stereocenters. The molecule has 1 aliphatic heterocycles. The van der Waals surface area contributed by atoms with Gasteiger partial charge in [0.1, 0.15) is 12.3 Å². The van der Waals surface area contributed by atoms with Crippen molar-refractivity contribution in [1.82, 2.24) is 9.88 Å². The van der Waals surface area contributed by atoms with E-state index in [4.69, 9.17) is 4.74 Å². The Hall–Kier alpha value is -1.89. The van der Waals surface area contributed by atoms with Crippen molar-refractivity contribution in [3.8, 4) is 5.75 Å². The second kappa shape index (κ2) is 6.55. The summed E-state index contributed by atoms with van der Waals surface area (Å²) in [5.74, 6) is 0.658. The molecule has 0 aliphatic carbocycles. The summed E-state index contributed by atoms with van der Waals surface area (Å²) in [5.41, 5.74) is 1.94. The van der Waals surface area contributed by atoms with Gasteiger partial charge in [0.05, 0.1) is 18.3 Å². The lowest BCUT2D eigenvalue weighted by Crippen LogP contribution is -2.35. The number of nitrogens with zero attached hydrogens (tertiary/aromatic N) is 1. The second-order valence-electron chi connectivity index (χ2n) is 6.23. The largest absolute Gasteiger partial charge is 0.495 e. The fraction of sp³-hybridized carbons (Fsp3) is 0.529. The van der Waals surface area contributed by atoms with E-state index in [1.165, 1.54) is 4.57 Å². The van der Waals surface area contributed by atoms with Crippen molar-refractivity contribution < 1.29 is 17.9 Å². The van der Waals surface area contributed by atoms with Crippen LogP contribution in [0.1, 0.15) is 18.5 Å². The quantitative estimate of drug-likeness (QED) is 0.891. The summed E-state index contributed by atoms with van der Waals surface area (Å²) in [6.45, 7) is 2.59. The van der Waals surface area contributed by atoms with Crippen LogP contribution in [0.4, 0.5) is 18.9 Å². The zero-order chi connectivity index (χ0) is 17.3. The molecule has 1 aromatic heterocycles. The van der Waals surface area contributed by atoms with Gasteiger partial charge in [0.15, 0.2) is 0 Å². The number of aromatic nitrogens is 1. The highest BCUT2D eigenvalue weighted by molar-refractivity contribution is 5.96. The molecule has 3 rings (SSSR count). The number of rotatable bonds is 4. The van der Waals surface area contributed by atoms with Gasteiger partial charge in [0.2, 0.25) is 0 Å². The maximum atomic E-state index is 12.9. The first-order chi connectivity index (χ1) is 11.4. The predicted octanol–water partition coefficient (Wildman–Crippen LogP) is 3.68. The molecule has 132 valence electrons. The van der Waals surface area contributed by atoms with Crippen molar-refractivity contribution in [2.45, 2.75) is 38.5 Å². The molecule has 0 atom stereocenters. The maximum absolute atomic E-state index is 12.9. The average molecular weight is 341 g/mol. The predicted molar refractivity (Wildman–Crippen MR) is 88.8 cm³/mol. The smallest absolute Gasteiger partial charge is 0.406 e. The molecule has 7 heteroatoms. The monoisotopic (exact) mass is 341 g/mol. The van der Waals surface area contributed by atoms with E-state index in [1.807, 2.05) is 0 Å². The fourth-order valence-corrected chi connectivity index (χ4v) is 3.33. The van der Waals surface area contributed by atoms with Crippen LogP contribution in [0, 0.1) is 6.92 Å². The van der Waals surface area contributed by atoms with Gasteiger partial charge in [-0.15, -0.1) is 0 Å². The summed E-state index contributed by atoms with van der Waals surface area (Å²) in [4.78, 5) is 0. The van der Waals surface area contributed by atoms with E-state index < -0.39 is 12.7 Å². The number of methoxy groups -OCH3 is 1. The zero-order valence-electron chi connectivity index (χ0n) is 13.8. The number of halogens is 3. The molecule has 1 saturated heterocycles. The van der Waals surface area contributed by atoms with Crippen LogP contribution in [0.3, 0.4) is 0 Å². The number of benzene rings is 1. The summed E-state index contributed by atoms with van der Waals surface area (Å²) in [7, 11) is 1.58. The van der Waals surface area contributed by atoms with Gasteiger partial charge < -0.3 is 19.9 Å².